The van der Waals surface area contributed by atoms with E-state index in [1.165, 1.54) is 23.5 Å². The van der Waals surface area contributed by atoms with Crippen molar-refractivity contribution in [2.45, 2.75) is 39.7 Å². The highest BCUT2D eigenvalue weighted by Crippen LogP contribution is 2.41. The summed E-state index contributed by atoms with van der Waals surface area (Å²) in [6.07, 6.45) is 0. The normalized spacial score (nSPS) is 12.4. The number of nitrogens with one attached hydrogen (secondary N) is 1. The summed E-state index contributed by atoms with van der Waals surface area (Å²) in [5, 5.41) is 15.6. The molecule has 0 heterocycles. The summed E-state index contributed by atoms with van der Waals surface area (Å²) in [5.41, 5.74) is 2.08. The molecule has 0 radical (unpaired) electrons. The standard InChI is InChI=1S/C25H29ClN2O5S2/c1-5-33-24(30)22(28(31)32)20(17-10-8-16(4)9-11-17)21(25(34-6-2)35-7-3)23(29)27-19-14-12-18(26)13-15-19/h8-15,20,22H,5-7H2,1-4H3,(H,27,29). The molecule has 0 saturated carbocycles. The van der Waals surface area contributed by atoms with Crippen LogP contribution in [0, 0.1) is 17.0 Å². The van der Waals surface area contributed by atoms with Crippen LogP contribution in [0.1, 0.15) is 37.8 Å². The second kappa shape index (κ2) is 14.2. The molecule has 0 bridgehead atoms. The van der Waals surface area contributed by atoms with Gasteiger partial charge in [0.25, 0.3) is 5.91 Å². The number of carbonyl (C=O) groups is 2. The Hall–Kier alpha value is -2.49. The maximum atomic E-state index is 13.8. The molecule has 0 saturated heterocycles. The largest absolute Gasteiger partial charge is 0.461 e. The van der Waals surface area contributed by atoms with Gasteiger partial charge < -0.3 is 10.1 Å². The van der Waals surface area contributed by atoms with E-state index in [9.17, 15) is 19.7 Å². The van der Waals surface area contributed by atoms with Crippen molar-refractivity contribution in [3.05, 3.63) is 84.6 Å². The van der Waals surface area contributed by atoms with Crippen molar-refractivity contribution < 1.29 is 19.2 Å². The molecule has 2 rings (SSSR count). The van der Waals surface area contributed by atoms with Gasteiger partial charge in [0, 0.05) is 19.9 Å². The number of aryl methyl sites for hydroxylation is 1. The van der Waals surface area contributed by atoms with Crippen molar-refractivity contribution in [1.82, 2.24) is 0 Å². The minimum Gasteiger partial charge on any atom is -0.461 e. The molecule has 1 amide bonds. The highest BCUT2D eigenvalue weighted by atomic mass is 35.5. The predicted octanol–water partition coefficient (Wildman–Crippen LogP) is 6.30. The number of anilines is 1. The number of nitro groups is 1. The van der Waals surface area contributed by atoms with Gasteiger partial charge in [-0.3, -0.25) is 14.9 Å². The molecule has 0 aliphatic heterocycles. The smallest absolute Gasteiger partial charge is 0.382 e. The Balaban J connectivity index is 2.77. The topological polar surface area (TPSA) is 98.5 Å². The molecule has 10 heteroatoms. The van der Waals surface area contributed by atoms with Crippen LogP contribution in [-0.2, 0) is 14.3 Å². The van der Waals surface area contributed by atoms with Gasteiger partial charge in [0.1, 0.15) is 0 Å². The van der Waals surface area contributed by atoms with Crippen molar-refractivity contribution in [3.8, 4) is 0 Å². The number of halogens is 1. The van der Waals surface area contributed by atoms with E-state index < -0.39 is 28.8 Å². The first-order valence-corrected chi connectivity index (χ1v) is 13.5. The van der Waals surface area contributed by atoms with Crippen LogP contribution in [0.4, 0.5) is 5.69 Å². The number of ether oxygens (including phenoxy) is 1. The molecule has 0 aliphatic carbocycles. The minimum absolute atomic E-state index is 0.0138. The third-order valence-electron chi connectivity index (χ3n) is 4.94. The van der Waals surface area contributed by atoms with E-state index in [4.69, 9.17) is 16.3 Å². The quantitative estimate of drug-likeness (QED) is 0.147. The number of rotatable bonds is 12. The first-order chi connectivity index (χ1) is 16.7. The van der Waals surface area contributed by atoms with Crippen molar-refractivity contribution in [1.29, 1.82) is 0 Å². The molecule has 0 aromatic heterocycles. The van der Waals surface area contributed by atoms with Gasteiger partial charge in [-0.1, -0.05) is 55.3 Å². The Bertz CT molecular complexity index is 1050. The third-order valence-corrected chi connectivity index (χ3v) is 7.44. The number of hydrogen-bond acceptors (Lipinski definition) is 7. The summed E-state index contributed by atoms with van der Waals surface area (Å²) in [6.45, 7) is 7.34. The molecule has 2 atom stereocenters. The van der Waals surface area contributed by atoms with Crippen molar-refractivity contribution in [2.75, 3.05) is 23.4 Å². The van der Waals surface area contributed by atoms with E-state index in [1.807, 2.05) is 20.8 Å². The molecule has 0 spiro atoms. The summed E-state index contributed by atoms with van der Waals surface area (Å²) in [7, 11) is 0. The van der Waals surface area contributed by atoms with E-state index in [-0.39, 0.29) is 12.2 Å². The Labute approximate surface area is 219 Å². The summed E-state index contributed by atoms with van der Waals surface area (Å²) >= 11 is 8.81. The van der Waals surface area contributed by atoms with Crippen LogP contribution in [0.2, 0.25) is 5.02 Å². The monoisotopic (exact) mass is 536 g/mol. The number of nitrogens with zero attached hydrogens (tertiary/aromatic N) is 1. The maximum Gasteiger partial charge on any atom is 0.382 e. The average Bonchev–Trinajstić information content (AvgIpc) is 2.81. The lowest BCUT2D eigenvalue weighted by Crippen LogP contribution is -2.40. The van der Waals surface area contributed by atoms with Gasteiger partial charge in [-0.2, -0.15) is 0 Å². The van der Waals surface area contributed by atoms with Crippen molar-refractivity contribution >= 4 is 52.7 Å². The minimum atomic E-state index is -1.80. The Kier molecular flexibility index (Phi) is 11.6. The lowest BCUT2D eigenvalue weighted by molar-refractivity contribution is -0.513. The van der Waals surface area contributed by atoms with Crippen molar-refractivity contribution in [3.63, 3.8) is 0 Å². The van der Waals surface area contributed by atoms with Gasteiger partial charge in [0.2, 0.25) is 0 Å². The van der Waals surface area contributed by atoms with E-state index in [0.717, 1.165) is 5.56 Å². The number of thioether (sulfide) groups is 2. The Morgan fingerprint density at radius 3 is 2.09 bits per heavy atom. The third kappa shape index (κ3) is 8.02. The zero-order chi connectivity index (χ0) is 26.0. The number of amides is 1. The molecule has 0 aliphatic rings. The van der Waals surface area contributed by atoms with Crippen molar-refractivity contribution in [2.24, 2.45) is 0 Å². The number of benzene rings is 2. The summed E-state index contributed by atoms with van der Waals surface area (Å²) in [4.78, 5) is 38.3. The summed E-state index contributed by atoms with van der Waals surface area (Å²) in [6, 6.07) is 11.8. The molecule has 2 aromatic carbocycles. The first kappa shape index (κ1) is 28.7. The van der Waals surface area contributed by atoms with Crippen LogP contribution in [0.3, 0.4) is 0 Å². The van der Waals surface area contributed by atoms with Crippen LogP contribution in [0.5, 0.6) is 0 Å². The molecular weight excluding hydrogens is 508 g/mol. The SMILES string of the molecule is CCOC(=O)C(C(C(C(=O)Nc1ccc(Cl)cc1)=C(SCC)SCC)c1ccc(C)cc1)[N+](=O)[O-]. The summed E-state index contributed by atoms with van der Waals surface area (Å²) < 4.78 is 5.72. The van der Waals surface area contributed by atoms with Crippen LogP contribution < -0.4 is 5.32 Å². The molecule has 2 unspecified atom stereocenters. The number of hydrogen-bond donors (Lipinski definition) is 1. The fourth-order valence-electron chi connectivity index (χ4n) is 3.40. The van der Waals surface area contributed by atoms with Crippen LogP contribution in [0.25, 0.3) is 0 Å². The lowest BCUT2D eigenvalue weighted by Gasteiger charge is -2.25. The van der Waals surface area contributed by atoms with Crippen LogP contribution >= 0.6 is 35.1 Å². The fraction of sp³-hybridized carbons (Fsp3) is 0.360. The Morgan fingerprint density at radius 2 is 1.60 bits per heavy atom. The van der Waals surface area contributed by atoms with Crippen LogP contribution in [0.15, 0.2) is 58.3 Å². The molecule has 7 nitrogen and oxygen atoms in total. The number of esters is 1. The van der Waals surface area contributed by atoms with Gasteiger partial charge in [-0.05, 0) is 55.2 Å². The molecular formula is C25H29ClN2O5S2. The number of carbonyl (C=O) groups excluding carboxylic acids is 2. The van der Waals surface area contributed by atoms with E-state index in [1.54, 1.807) is 55.5 Å². The zero-order valence-corrected chi connectivity index (χ0v) is 22.5. The first-order valence-electron chi connectivity index (χ1n) is 11.2. The van der Waals surface area contributed by atoms with Gasteiger partial charge in [0.05, 0.1) is 18.1 Å². The average molecular weight is 537 g/mol. The fourth-order valence-corrected chi connectivity index (χ4v) is 5.85. The predicted molar refractivity (Wildman–Crippen MR) is 145 cm³/mol. The Morgan fingerprint density at radius 1 is 1.03 bits per heavy atom. The zero-order valence-electron chi connectivity index (χ0n) is 20.1. The highest BCUT2D eigenvalue weighted by molar-refractivity contribution is 8.22. The van der Waals surface area contributed by atoms with Gasteiger partial charge >= 0.3 is 12.0 Å². The van der Waals surface area contributed by atoms with E-state index in [0.29, 0.717) is 32.0 Å². The van der Waals surface area contributed by atoms with Gasteiger partial charge in [-0.15, -0.1) is 23.5 Å². The highest BCUT2D eigenvalue weighted by Gasteiger charge is 2.46. The molecule has 2 aromatic rings. The molecule has 0 fully saturated rings. The van der Waals surface area contributed by atoms with E-state index in [2.05, 4.69) is 5.32 Å². The van der Waals surface area contributed by atoms with Gasteiger partial charge in [-0.25, -0.2) is 4.79 Å². The van der Waals surface area contributed by atoms with E-state index >= 15 is 0 Å². The molecule has 188 valence electrons. The molecule has 35 heavy (non-hydrogen) atoms. The lowest BCUT2D eigenvalue weighted by atomic mass is 9.84. The van der Waals surface area contributed by atoms with Gasteiger partial charge in [0.15, 0.2) is 0 Å². The maximum absolute atomic E-state index is 13.8. The second-order valence-electron chi connectivity index (χ2n) is 7.40. The van der Waals surface area contributed by atoms with Crippen LogP contribution in [-0.4, -0.2) is 41.0 Å². The summed E-state index contributed by atoms with van der Waals surface area (Å²) in [5.74, 6) is -1.38. The molecule has 1 N–H and O–H groups in total. The second-order valence-corrected chi connectivity index (χ2v) is 10.6.